The van der Waals surface area contributed by atoms with E-state index in [0.29, 0.717) is 44.4 Å². The fourth-order valence-corrected chi connectivity index (χ4v) is 6.81. The molecule has 178 valence electrons. The number of esters is 1. The molecule has 4 saturated carbocycles. The van der Waals surface area contributed by atoms with Crippen LogP contribution in [0, 0.1) is 22.7 Å². The van der Waals surface area contributed by atoms with E-state index < -0.39 is 10.8 Å². The maximum Gasteiger partial charge on any atom is 0.311 e. The molecule has 8 nitrogen and oxygen atoms in total. The first kappa shape index (κ1) is 24.3. The number of carbonyl (C=O) groups excluding carboxylic acids is 4. The zero-order valence-corrected chi connectivity index (χ0v) is 19.7. The van der Waals surface area contributed by atoms with Gasteiger partial charge in [0.15, 0.2) is 0 Å². The van der Waals surface area contributed by atoms with Crippen molar-refractivity contribution in [3.8, 4) is 0 Å². The molecule has 0 aromatic carbocycles. The molecule has 32 heavy (non-hydrogen) atoms. The summed E-state index contributed by atoms with van der Waals surface area (Å²) in [6.07, 6.45) is 6.30. The van der Waals surface area contributed by atoms with Crippen LogP contribution in [0.2, 0.25) is 0 Å². The van der Waals surface area contributed by atoms with Crippen molar-refractivity contribution in [2.24, 2.45) is 22.7 Å². The second kappa shape index (κ2) is 9.63. The number of amides is 3. The number of methoxy groups -OCH3 is 1. The van der Waals surface area contributed by atoms with Crippen molar-refractivity contribution in [2.45, 2.75) is 52.4 Å². The van der Waals surface area contributed by atoms with Gasteiger partial charge < -0.3 is 19.9 Å². The van der Waals surface area contributed by atoms with E-state index in [1.807, 2.05) is 18.7 Å². The van der Waals surface area contributed by atoms with Gasteiger partial charge in [-0.1, -0.05) is 20.4 Å². The number of nitrogens with zero attached hydrogens (tertiary/aromatic N) is 2. The van der Waals surface area contributed by atoms with E-state index in [-0.39, 0.29) is 30.2 Å². The van der Waals surface area contributed by atoms with Crippen LogP contribution in [0.4, 0.5) is 0 Å². The lowest BCUT2D eigenvalue weighted by molar-refractivity contribution is -0.186. The Bertz CT molecular complexity index is 758. The first-order valence-corrected chi connectivity index (χ1v) is 11.9. The molecule has 1 heterocycles. The summed E-state index contributed by atoms with van der Waals surface area (Å²) in [6, 6.07) is 0. The fraction of sp³-hybridized carbons (Fsp3) is 0.750. The molecule has 4 bridgehead atoms. The number of rotatable bonds is 5. The van der Waals surface area contributed by atoms with E-state index in [0.717, 1.165) is 38.2 Å². The van der Waals surface area contributed by atoms with Crippen molar-refractivity contribution in [3.05, 3.63) is 12.7 Å². The Hall–Kier alpha value is -2.38. The van der Waals surface area contributed by atoms with Gasteiger partial charge in [-0.15, -0.1) is 0 Å². The fourth-order valence-electron chi connectivity index (χ4n) is 6.81. The van der Waals surface area contributed by atoms with Gasteiger partial charge in [-0.25, -0.2) is 0 Å². The molecule has 5 fully saturated rings. The molecule has 5 aliphatic rings. The number of hydrogen-bond donors (Lipinski definition) is 1. The van der Waals surface area contributed by atoms with Gasteiger partial charge in [0, 0.05) is 26.2 Å². The van der Waals surface area contributed by atoms with Gasteiger partial charge in [-0.2, -0.15) is 0 Å². The van der Waals surface area contributed by atoms with Crippen LogP contribution < -0.4 is 5.32 Å². The van der Waals surface area contributed by atoms with Crippen molar-refractivity contribution in [2.75, 3.05) is 39.8 Å². The minimum atomic E-state index is -0.490. The minimum absolute atomic E-state index is 0.0618. The van der Waals surface area contributed by atoms with Gasteiger partial charge in [0.2, 0.25) is 17.7 Å². The van der Waals surface area contributed by atoms with Crippen LogP contribution in [0.15, 0.2) is 12.7 Å². The van der Waals surface area contributed by atoms with Crippen molar-refractivity contribution in [1.29, 1.82) is 0 Å². The van der Waals surface area contributed by atoms with Crippen LogP contribution in [0.1, 0.15) is 52.4 Å². The maximum atomic E-state index is 13.6. The molecule has 1 saturated heterocycles. The summed E-state index contributed by atoms with van der Waals surface area (Å²) in [5.74, 6) is 0.314. The molecule has 1 aliphatic heterocycles. The third kappa shape index (κ3) is 4.41. The standard InChI is InChI=1S/C22H31N3O5.C2H6/c1-3-17(26)23-13-18(27)24-4-6-25(7-5-24)19(28)21-9-15-8-16(10-21)12-22(11-15,14-21)20(29)30-2;1-2/h3,15-16H,1,4-14H2,2H3,(H,23,26);1-2H3. The number of ether oxygens (including phenoxy) is 1. The lowest BCUT2D eigenvalue weighted by atomic mass is 9.44. The quantitative estimate of drug-likeness (QED) is 0.512. The Labute approximate surface area is 190 Å². The first-order valence-electron chi connectivity index (χ1n) is 11.9. The number of carbonyl (C=O) groups is 4. The molecule has 1 N–H and O–H groups in total. The molecule has 0 aromatic heterocycles. The highest BCUT2D eigenvalue weighted by molar-refractivity contribution is 5.91. The average Bonchev–Trinajstić information content (AvgIpc) is 2.81. The van der Waals surface area contributed by atoms with Crippen LogP contribution in [0.25, 0.3) is 0 Å². The van der Waals surface area contributed by atoms with Crippen LogP contribution >= 0.6 is 0 Å². The Balaban J connectivity index is 0.00000141. The summed E-state index contributed by atoms with van der Waals surface area (Å²) in [5, 5.41) is 2.50. The topological polar surface area (TPSA) is 96.0 Å². The Morgan fingerprint density at radius 2 is 1.50 bits per heavy atom. The predicted octanol–water partition coefficient (Wildman–Crippen LogP) is 1.75. The highest BCUT2D eigenvalue weighted by Gasteiger charge is 2.64. The van der Waals surface area contributed by atoms with Gasteiger partial charge in [0.05, 0.1) is 24.5 Å². The summed E-state index contributed by atoms with van der Waals surface area (Å²) in [5.41, 5.74) is -0.946. The van der Waals surface area contributed by atoms with Crippen molar-refractivity contribution < 1.29 is 23.9 Å². The molecular weight excluding hydrogens is 410 g/mol. The van der Waals surface area contributed by atoms with E-state index in [1.165, 1.54) is 7.11 Å². The predicted molar refractivity (Wildman–Crippen MR) is 119 cm³/mol. The third-order valence-corrected chi connectivity index (χ3v) is 7.65. The summed E-state index contributed by atoms with van der Waals surface area (Å²) in [4.78, 5) is 53.4. The first-order chi connectivity index (χ1) is 15.3. The molecule has 8 heteroatoms. The highest BCUT2D eigenvalue weighted by atomic mass is 16.5. The zero-order valence-electron chi connectivity index (χ0n) is 19.7. The summed E-state index contributed by atoms with van der Waals surface area (Å²) in [7, 11) is 1.45. The normalized spacial score (nSPS) is 32.5. The number of nitrogens with one attached hydrogen (secondary N) is 1. The summed E-state index contributed by atoms with van der Waals surface area (Å²) >= 11 is 0. The zero-order chi connectivity index (χ0) is 23.5. The molecule has 2 unspecified atom stereocenters. The maximum absolute atomic E-state index is 13.6. The summed E-state index contributed by atoms with van der Waals surface area (Å²) < 4.78 is 5.15. The van der Waals surface area contributed by atoms with Crippen LogP contribution in [-0.4, -0.2) is 73.3 Å². The van der Waals surface area contributed by atoms with E-state index >= 15 is 0 Å². The Morgan fingerprint density at radius 1 is 0.969 bits per heavy atom. The molecule has 0 radical (unpaired) electrons. The Kier molecular flexibility index (Phi) is 7.30. The number of hydrogen-bond acceptors (Lipinski definition) is 5. The van der Waals surface area contributed by atoms with Crippen LogP contribution in [-0.2, 0) is 23.9 Å². The monoisotopic (exact) mass is 447 g/mol. The van der Waals surface area contributed by atoms with E-state index in [2.05, 4.69) is 11.9 Å². The largest absolute Gasteiger partial charge is 0.469 e. The molecule has 3 amide bonds. The molecule has 2 atom stereocenters. The van der Waals surface area contributed by atoms with E-state index in [9.17, 15) is 19.2 Å². The van der Waals surface area contributed by atoms with Crippen molar-refractivity contribution in [3.63, 3.8) is 0 Å². The van der Waals surface area contributed by atoms with Gasteiger partial charge in [-0.3, -0.25) is 19.2 Å². The van der Waals surface area contributed by atoms with E-state index in [4.69, 9.17) is 4.74 Å². The van der Waals surface area contributed by atoms with Gasteiger partial charge in [0.1, 0.15) is 0 Å². The Morgan fingerprint density at radius 3 is 2.03 bits per heavy atom. The van der Waals surface area contributed by atoms with Crippen molar-refractivity contribution in [1.82, 2.24) is 15.1 Å². The van der Waals surface area contributed by atoms with E-state index in [1.54, 1.807) is 4.90 Å². The molecular formula is C24H37N3O5. The molecule has 0 spiro atoms. The molecule has 5 rings (SSSR count). The summed E-state index contributed by atoms with van der Waals surface area (Å²) in [6.45, 7) is 9.20. The van der Waals surface area contributed by atoms with Gasteiger partial charge >= 0.3 is 5.97 Å². The highest BCUT2D eigenvalue weighted by Crippen LogP contribution is 2.66. The second-order valence-electron chi connectivity index (χ2n) is 9.61. The minimum Gasteiger partial charge on any atom is -0.469 e. The van der Waals surface area contributed by atoms with Crippen LogP contribution in [0.5, 0.6) is 0 Å². The number of piperazine rings is 1. The van der Waals surface area contributed by atoms with Crippen molar-refractivity contribution >= 4 is 23.7 Å². The SMILES string of the molecule is C=CC(=O)NCC(=O)N1CCN(C(=O)C23CC4CC(CC(C(=O)OC)(C4)C2)C3)CC1.CC. The van der Waals surface area contributed by atoms with Gasteiger partial charge in [0.25, 0.3) is 0 Å². The molecule has 0 aromatic rings. The van der Waals surface area contributed by atoms with Gasteiger partial charge in [-0.05, 0) is 56.4 Å². The second-order valence-corrected chi connectivity index (χ2v) is 9.61. The lowest BCUT2D eigenvalue weighted by Gasteiger charge is -2.60. The average molecular weight is 448 g/mol. The van der Waals surface area contributed by atoms with Crippen LogP contribution in [0.3, 0.4) is 0 Å². The molecule has 4 aliphatic carbocycles. The lowest BCUT2D eigenvalue weighted by Crippen LogP contribution is -2.62. The third-order valence-electron chi connectivity index (χ3n) is 7.65. The smallest absolute Gasteiger partial charge is 0.311 e.